The average molecular weight is 441 g/mol. The summed E-state index contributed by atoms with van der Waals surface area (Å²) in [5.41, 5.74) is 2.12. The van der Waals surface area contributed by atoms with Crippen LogP contribution in [0.5, 0.6) is 0 Å². The molecule has 2 aliphatic rings. The zero-order valence-electron chi connectivity index (χ0n) is 19.6. The van der Waals surface area contributed by atoms with Crippen molar-refractivity contribution in [3.63, 3.8) is 0 Å². The lowest BCUT2D eigenvalue weighted by molar-refractivity contribution is 0.0558. The lowest BCUT2D eigenvalue weighted by Gasteiger charge is -2.41. The molecule has 0 radical (unpaired) electrons. The van der Waals surface area contributed by atoms with E-state index in [1.165, 1.54) is 5.56 Å². The first-order valence-corrected chi connectivity index (χ1v) is 11.9. The number of carbonyl (C=O) groups excluding carboxylic acids is 1. The predicted octanol–water partition coefficient (Wildman–Crippen LogP) is 3.39. The first kappa shape index (κ1) is 22.9. The minimum absolute atomic E-state index is 0.0355. The summed E-state index contributed by atoms with van der Waals surface area (Å²) in [4.78, 5) is 22.0. The van der Waals surface area contributed by atoms with Gasteiger partial charge in [-0.25, -0.2) is 0 Å². The molecule has 2 saturated heterocycles. The lowest BCUT2D eigenvalue weighted by atomic mass is 9.86. The molecular formula is C25H36N4O3. The van der Waals surface area contributed by atoms with Gasteiger partial charge in [0.05, 0.1) is 12.5 Å². The monoisotopic (exact) mass is 440 g/mol. The first-order chi connectivity index (χ1) is 15.3. The highest BCUT2D eigenvalue weighted by molar-refractivity contribution is 5.94. The van der Waals surface area contributed by atoms with Crippen LogP contribution in [0.4, 0.5) is 0 Å². The molecule has 2 aromatic rings. The van der Waals surface area contributed by atoms with E-state index in [0.717, 1.165) is 57.4 Å². The topological polar surface area (TPSA) is 82.7 Å². The molecule has 0 saturated carbocycles. The summed E-state index contributed by atoms with van der Waals surface area (Å²) in [5, 5.41) is 13.1. The van der Waals surface area contributed by atoms with E-state index in [1.54, 1.807) is 0 Å². The average Bonchev–Trinajstić information content (AvgIpc) is 3.27. The first-order valence-electron chi connectivity index (χ1n) is 11.9. The van der Waals surface area contributed by atoms with E-state index in [-0.39, 0.29) is 23.8 Å². The molecular weight excluding hydrogens is 404 g/mol. The van der Waals surface area contributed by atoms with Crippen molar-refractivity contribution in [2.45, 2.75) is 70.3 Å². The molecule has 0 spiro atoms. The van der Waals surface area contributed by atoms with Crippen LogP contribution in [-0.4, -0.2) is 69.8 Å². The molecule has 0 bridgehead atoms. The van der Waals surface area contributed by atoms with E-state index in [9.17, 15) is 4.79 Å². The third-order valence-corrected chi connectivity index (χ3v) is 6.89. The second kappa shape index (κ2) is 9.71. The van der Waals surface area contributed by atoms with Gasteiger partial charge >= 0.3 is 0 Å². The highest BCUT2D eigenvalue weighted by Gasteiger charge is 2.32. The molecule has 3 heterocycles. The van der Waals surface area contributed by atoms with Crippen molar-refractivity contribution in [1.29, 1.82) is 0 Å². The fraction of sp³-hybridized carbons (Fsp3) is 0.640. The van der Waals surface area contributed by atoms with Crippen molar-refractivity contribution in [2.24, 2.45) is 0 Å². The molecule has 1 unspecified atom stereocenters. The standard InChI is InChI=1S/C25H36N4O3/c1-25(2,3)20-8-6-18(7-9-20)24(31)28-14-10-21(11-15-28)29-13-4-5-19(17-29)23-26-22(12-16-30)27-32-23/h6-9,19,21,30H,4-5,10-17H2,1-3H3. The molecule has 0 aliphatic carbocycles. The summed E-state index contributed by atoms with van der Waals surface area (Å²) in [7, 11) is 0. The third kappa shape index (κ3) is 5.21. The number of benzene rings is 1. The third-order valence-electron chi connectivity index (χ3n) is 6.89. The summed E-state index contributed by atoms with van der Waals surface area (Å²) in [5.74, 6) is 1.68. The van der Waals surface area contributed by atoms with Gasteiger partial charge in [0.1, 0.15) is 0 Å². The number of aliphatic hydroxyl groups excluding tert-OH is 1. The maximum absolute atomic E-state index is 13.0. The number of rotatable bonds is 5. The molecule has 1 N–H and O–H groups in total. The van der Waals surface area contributed by atoms with Gasteiger partial charge in [0.2, 0.25) is 5.89 Å². The predicted molar refractivity (Wildman–Crippen MR) is 123 cm³/mol. The van der Waals surface area contributed by atoms with E-state index >= 15 is 0 Å². The second-order valence-electron chi connectivity index (χ2n) is 10.2. The highest BCUT2D eigenvalue weighted by Crippen LogP contribution is 2.30. The Morgan fingerprint density at radius 3 is 2.50 bits per heavy atom. The minimum Gasteiger partial charge on any atom is -0.396 e. The summed E-state index contributed by atoms with van der Waals surface area (Å²) >= 11 is 0. The quantitative estimate of drug-likeness (QED) is 0.767. The number of aromatic nitrogens is 2. The zero-order valence-corrected chi connectivity index (χ0v) is 19.6. The van der Waals surface area contributed by atoms with Crippen molar-refractivity contribution >= 4 is 5.91 Å². The summed E-state index contributed by atoms with van der Waals surface area (Å²) in [6, 6.07) is 8.60. The molecule has 1 atom stereocenters. The number of hydrogen-bond donors (Lipinski definition) is 1. The smallest absolute Gasteiger partial charge is 0.253 e. The van der Waals surface area contributed by atoms with Crippen LogP contribution in [0.25, 0.3) is 0 Å². The number of amides is 1. The fourth-order valence-corrected chi connectivity index (χ4v) is 4.90. The van der Waals surface area contributed by atoms with Gasteiger partial charge in [-0.15, -0.1) is 0 Å². The molecule has 32 heavy (non-hydrogen) atoms. The highest BCUT2D eigenvalue weighted by atomic mass is 16.5. The molecule has 1 aromatic carbocycles. The number of carbonyl (C=O) groups is 1. The number of hydrogen-bond acceptors (Lipinski definition) is 6. The van der Waals surface area contributed by atoms with Crippen molar-refractivity contribution in [3.05, 3.63) is 47.1 Å². The van der Waals surface area contributed by atoms with Crippen LogP contribution in [0, 0.1) is 0 Å². The van der Waals surface area contributed by atoms with Crippen LogP contribution in [0.1, 0.15) is 80.0 Å². The van der Waals surface area contributed by atoms with Crippen LogP contribution in [-0.2, 0) is 11.8 Å². The normalized spacial score (nSPS) is 21.1. The maximum atomic E-state index is 13.0. The van der Waals surface area contributed by atoms with Crippen LogP contribution in [0.2, 0.25) is 0 Å². The number of piperidine rings is 2. The van der Waals surface area contributed by atoms with Gasteiger partial charge in [0.15, 0.2) is 5.82 Å². The van der Waals surface area contributed by atoms with Gasteiger partial charge in [0.25, 0.3) is 5.91 Å². The lowest BCUT2D eigenvalue weighted by Crippen LogP contribution is -2.49. The largest absolute Gasteiger partial charge is 0.396 e. The van der Waals surface area contributed by atoms with Crippen LogP contribution in [0.15, 0.2) is 28.8 Å². The van der Waals surface area contributed by atoms with E-state index in [0.29, 0.717) is 24.2 Å². The second-order valence-corrected chi connectivity index (χ2v) is 10.2. The van der Waals surface area contributed by atoms with Crippen molar-refractivity contribution in [2.75, 3.05) is 32.8 Å². The molecule has 1 aromatic heterocycles. The van der Waals surface area contributed by atoms with Crippen LogP contribution in [0.3, 0.4) is 0 Å². The minimum atomic E-state index is 0.0355. The Hall–Kier alpha value is -2.25. The van der Waals surface area contributed by atoms with Gasteiger partial charge in [-0.05, 0) is 55.3 Å². The molecule has 2 aliphatic heterocycles. The zero-order chi connectivity index (χ0) is 22.7. The Labute approximate surface area is 190 Å². The molecule has 174 valence electrons. The number of aliphatic hydroxyl groups is 1. The van der Waals surface area contributed by atoms with Crippen molar-refractivity contribution in [1.82, 2.24) is 19.9 Å². The molecule has 4 rings (SSSR count). The van der Waals surface area contributed by atoms with Gasteiger partial charge in [-0.1, -0.05) is 38.1 Å². The Balaban J connectivity index is 1.31. The van der Waals surface area contributed by atoms with E-state index in [2.05, 4.69) is 47.9 Å². The molecule has 2 fully saturated rings. The Kier molecular flexibility index (Phi) is 6.96. The Morgan fingerprint density at radius 1 is 1.12 bits per heavy atom. The van der Waals surface area contributed by atoms with Gasteiger partial charge in [-0.3, -0.25) is 9.69 Å². The number of likely N-dealkylation sites (tertiary alicyclic amines) is 2. The van der Waals surface area contributed by atoms with Gasteiger partial charge in [0, 0.05) is 37.7 Å². The number of nitrogens with zero attached hydrogens (tertiary/aromatic N) is 4. The maximum Gasteiger partial charge on any atom is 0.253 e. The summed E-state index contributed by atoms with van der Waals surface area (Å²) < 4.78 is 5.47. The van der Waals surface area contributed by atoms with Crippen molar-refractivity contribution < 1.29 is 14.4 Å². The van der Waals surface area contributed by atoms with E-state index < -0.39 is 0 Å². The van der Waals surface area contributed by atoms with Gasteiger partial charge in [-0.2, -0.15) is 4.98 Å². The molecule has 7 nitrogen and oxygen atoms in total. The molecule has 1 amide bonds. The van der Waals surface area contributed by atoms with Crippen LogP contribution < -0.4 is 0 Å². The van der Waals surface area contributed by atoms with Crippen LogP contribution >= 0.6 is 0 Å². The Bertz CT molecular complexity index is 895. The van der Waals surface area contributed by atoms with Crippen molar-refractivity contribution in [3.8, 4) is 0 Å². The van der Waals surface area contributed by atoms with E-state index in [1.807, 2.05) is 17.0 Å². The SMILES string of the molecule is CC(C)(C)c1ccc(C(=O)N2CCC(N3CCCC(c4nc(CCO)no4)C3)CC2)cc1. The van der Waals surface area contributed by atoms with E-state index in [4.69, 9.17) is 9.63 Å². The van der Waals surface area contributed by atoms with Gasteiger partial charge < -0.3 is 14.5 Å². The Morgan fingerprint density at radius 2 is 1.84 bits per heavy atom. The molecule has 7 heteroatoms. The summed E-state index contributed by atoms with van der Waals surface area (Å²) in [6.07, 6.45) is 4.60. The fourth-order valence-electron chi connectivity index (χ4n) is 4.90. The summed E-state index contributed by atoms with van der Waals surface area (Å²) in [6.45, 7) is 10.2.